The van der Waals surface area contributed by atoms with Crippen molar-refractivity contribution in [3.8, 4) is 0 Å². The minimum absolute atomic E-state index is 0.248. The molecule has 2 heterocycles. The SMILES string of the molecule is NC(=S)c1cnc2ccccc2c1N1CCC(CCO)C1. The van der Waals surface area contributed by atoms with E-state index in [9.17, 15) is 0 Å². The normalized spacial score (nSPS) is 18.3. The maximum Gasteiger partial charge on any atom is 0.107 e. The van der Waals surface area contributed by atoms with Crippen molar-refractivity contribution in [2.45, 2.75) is 12.8 Å². The van der Waals surface area contributed by atoms with Gasteiger partial charge >= 0.3 is 0 Å². The summed E-state index contributed by atoms with van der Waals surface area (Å²) in [5.74, 6) is 0.529. The zero-order chi connectivity index (χ0) is 14.8. The van der Waals surface area contributed by atoms with Gasteiger partial charge in [-0.1, -0.05) is 30.4 Å². The smallest absolute Gasteiger partial charge is 0.107 e. The van der Waals surface area contributed by atoms with Gasteiger partial charge in [0.1, 0.15) is 4.99 Å². The fraction of sp³-hybridized carbons (Fsp3) is 0.375. The Hall–Kier alpha value is -1.72. The summed E-state index contributed by atoms with van der Waals surface area (Å²) in [6.07, 6.45) is 3.72. The van der Waals surface area contributed by atoms with Crippen molar-refractivity contribution in [1.82, 2.24) is 4.98 Å². The molecule has 1 atom stereocenters. The highest BCUT2D eigenvalue weighted by atomic mass is 32.1. The van der Waals surface area contributed by atoms with Crippen LogP contribution in [0.1, 0.15) is 18.4 Å². The molecule has 1 unspecified atom stereocenters. The van der Waals surface area contributed by atoms with Crippen LogP contribution in [0.3, 0.4) is 0 Å². The van der Waals surface area contributed by atoms with E-state index in [0.29, 0.717) is 10.9 Å². The lowest BCUT2D eigenvalue weighted by atomic mass is 10.1. The fourth-order valence-electron chi connectivity index (χ4n) is 3.10. The van der Waals surface area contributed by atoms with Crippen molar-refractivity contribution in [2.24, 2.45) is 11.7 Å². The first-order chi connectivity index (χ1) is 10.2. The van der Waals surface area contributed by atoms with Crippen LogP contribution in [0, 0.1) is 5.92 Å². The number of aliphatic hydroxyl groups excluding tert-OH is 1. The van der Waals surface area contributed by atoms with Crippen LogP contribution in [0.5, 0.6) is 0 Å². The molecule has 4 nitrogen and oxygen atoms in total. The van der Waals surface area contributed by atoms with Gasteiger partial charge in [-0.2, -0.15) is 0 Å². The lowest BCUT2D eigenvalue weighted by Crippen LogP contribution is -2.24. The van der Waals surface area contributed by atoms with Crippen LogP contribution in [-0.4, -0.2) is 34.8 Å². The summed E-state index contributed by atoms with van der Waals surface area (Å²) in [4.78, 5) is 7.17. The van der Waals surface area contributed by atoms with Crippen molar-refractivity contribution >= 4 is 33.8 Å². The van der Waals surface area contributed by atoms with E-state index in [-0.39, 0.29) is 6.61 Å². The molecular formula is C16H19N3OS. The standard InChI is InChI=1S/C16H19N3OS/c17-16(21)13-9-18-14-4-2-1-3-12(14)15(13)19-7-5-11(10-19)6-8-20/h1-4,9,11,20H,5-8,10H2,(H2,17,21). The molecule has 1 aliphatic rings. The van der Waals surface area contributed by atoms with Gasteiger partial charge in [-0.3, -0.25) is 4.98 Å². The van der Waals surface area contributed by atoms with E-state index < -0.39 is 0 Å². The molecule has 1 aromatic heterocycles. The molecule has 1 aromatic carbocycles. The van der Waals surface area contributed by atoms with Crippen molar-refractivity contribution < 1.29 is 5.11 Å². The topological polar surface area (TPSA) is 62.4 Å². The molecule has 0 saturated carbocycles. The highest BCUT2D eigenvalue weighted by Crippen LogP contribution is 2.34. The number of nitrogens with zero attached hydrogens (tertiary/aromatic N) is 2. The van der Waals surface area contributed by atoms with E-state index in [1.165, 1.54) is 0 Å². The highest BCUT2D eigenvalue weighted by Gasteiger charge is 2.26. The third kappa shape index (κ3) is 2.71. The van der Waals surface area contributed by atoms with Crippen molar-refractivity contribution in [3.05, 3.63) is 36.0 Å². The van der Waals surface area contributed by atoms with E-state index in [4.69, 9.17) is 23.1 Å². The molecule has 0 radical (unpaired) electrons. The van der Waals surface area contributed by atoms with E-state index in [2.05, 4.69) is 16.0 Å². The van der Waals surface area contributed by atoms with E-state index in [1.54, 1.807) is 6.20 Å². The Kier molecular flexibility index (Phi) is 4.03. The van der Waals surface area contributed by atoms with E-state index >= 15 is 0 Å². The maximum absolute atomic E-state index is 9.13. The number of fused-ring (bicyclic) bond motifs is 1. The number of para-hydroxylation sites is 1. The van der Waals surface area contributed by atoms with Gasteiger partial charge in [0.05, 0.1) is 16.8 Å². The van der Waals surface area contributed by atoms with Crippen molar-refractivity contribution in [2.75, 3.05) is 24.6 Å². The van der Waals surface area contributed by atoms with Gasteiger partial charge < -0.3 is 15.7 Å². The van der Waals surface area contributed by atoms with Crippen molar-refractivity contribution in [3.63, 3.8) is 0 Å². The molecule has 0 amide bonds. The molecule has 21 heavy (non-hydrogen) atoms. The third-order valence-corrected chi connectivity index (χ3v) is 4.37. The molecule has 0 bridgehead atoms. The lowest BCUT2D eigenvalue weighted by Gasteiger charge is -2.23. The largest absolute Gasteiger partial charge is 0.396 e. The average molecular weight is 301 g/mol. The zero-order valence-electron chi connectivity index (χ0n) is 11.8. The van der Waals surface area contributed by atoms with Gasteiger partial charge in [0.25, 0.3) is 0 Å². The predicted octanol–water partition coefficient (Wildman–Crippen LogP) is 2.08. The number of pyridine rings is 1. The van der Waals surface area contributed by atoms with Crippen LogP contribution in [-0.2, 0) is 0 Å². The zero-order valence-corrected chi connectivity index (χ0v) is 12.6. The first-order valence-corrected chi connectivity index (χ1v) is 7.65. The van der Waals surface area contributed by atoms with Crippen LogP contribution >= 0.6 is 12.2 Å². The number of aromatic nitrogens is 1. The summed E-state index contributed by atoms with van der Waals surface area (Å²) in [7, 11) is 0. The fourth-order valence-corrected chi connectivity index (χ4v) is 3.25. The average Bonchev–Trinajstić information content (AvgIpc) is 2.94. The van der Waals surface area contributed by atoms with E-state index in [1.807, 2.05) is 18.2 Å². The van der Waals surface area contributed by atoms with Gasteiger partial charge in [0, 0.05) is 31.3 Å². The maximum atomic E-state index is 9.13. The van der Waals surface area contributed by atoms with Crippen LogP contribution in [0.15, 0.2) is 30.5 Å². The Bertz CT molecular complexity index is 674. The molecule has 0 aliphatic carbocycles. The van der Waals surface area contributed by atoms with Crippen LogP contribution in [0.25, 0.3) is 10.9 Å². The van der Waals surface area contributed by atoms with Gasteiger partial charge in [-0.15, -0.1) is 0 Å². The molecule has 3 rings (SSSR count). The second-order valence-corrected chi connectivity index (χ2v) is 5.95. The molecule has 3 N–H and O–H groups in total. The Morgan fingerprint density at radius 2 is 2.24 bits per heavy atom. The number of hydrogen-bond acceptors (Lipinski definition) is 4. The van der Waals surface area contributed by atoms with Gasteiger partial charge in [-0.25, -0.2) is 0 Å². The molecule has 2 aromatic rings. The third-order valence-electron chi connectivity index (χ3n) is 4.15. The number of thiocarbonyl (C=S) groups is 1. The quantitative estimate of drug-likeness (QED) is 0.847. The number of nitrogens with two attached hydrogens (primary N) is 1. The summed E-state index contributed by atoms with van der Waals surface area (Å²) in [5.41, 5.74) is 8.78. The Morgan fingerprint density at radius 1 is 1.43 bits per heavy atom. The number of anilines is 1. The second-order valence-electron chi connectivity index (χ2n) is 5.51. The minimum atomic E-state index is 0.248. The predicted molar refractivity (Wildman–Crippen MR) is 89.7 cm³/mol. The first kappa shape index (κ1) is 14.2. The lowest BCUT2D eigenvalue weighted by molar-refractivity contribution is 0.263. The molecule has 0 spiro atoms. The van der Waals surface area contributed by atoms with Crippen molar-refractivity contribution in [1.29, 1.82) is 0 Å². The summed E-state index contributed by atoms with van der Waals surface area (Å²) in [6, 6.07) is 8.07. The van der Waals surface area contributed by atoms with E-state index in [0.717, 1.165) is 48.1 Å². The summed E-state index contributed by atoms with van der Waals surface area (Å²) >= 11 is 5.20. The Labute approximate surface area is 129 Å². The van der Waals surface area contributed by atoms with Crippen LogP contribution < -0.4 is 10.6 Å². The molecule has 110 valence electrons. The molecule has 5 heteroatoms. The van der Waals surface area contributed by atoms with Gasteiger partial charge in [0.2, 0.25) is 0 Å². The highest BCUT2D eigenvalue weighted by molar-refractivity contribution is 7.80. The Balaban J connectivity index is 2.07. The van der Waals surface area contributed by atoms with Gasteiger partial charge in [0.15, 0.2) is 0 Å². The summed E-state index contributed by atoms with van der Waals surface area (Å²) < 4.78 is 0. The minimum Gasteiger partial charge on any atom is -0.396 e. The number of rotatable bonds is 4. The van der Waals surface area contributed by atoms with Gasteiger partial charge in [-0.05, 0) is 24.8 Å². The molecule has 1 saturated heterocycles. The summed E-state index contributed by atoms with van der Waals surface area (Å²) in [6.45, 7) is 2.15. The van der Waals surface area contributed by atoms with Crippen LogP contribution in [0.2, 0.25) is 0 Å². The molecule has 1 fully saturated rings. The number of aliphatic hydroxyl groups is 1. The molecular weight excluding hydrogens is 282 g/mol. The monoisotopic (exact) mass is 301 g/mol. The van der Waals surface area contributed by atoms with Crippen LogP contribution in [0.4, 0.5) is 5.69 Å². The molecule has 1 aliphatic heterocycles. The number of benzene rings is 1. The first-order valence-electron chi connectivity index (χ1n) is 7.24. The second kappa shape index (κ2) is 5.95. The number of hydrogen-bond donors (Lipinski definition) is 2. The Morgan fingerprint density at radius 3 is 3.00 bits per heavy atom. The summed E-state index contributed by atoms with van der Waals surface area (Å²) in [5, 5.41) is 10.2.